The lowest BCUT2D eigenvalue weighted by Gasteiger charge is -2.42. The molecule has 17 heavy (non-hydrogen) atoms. The third kappa shape index (κ3) is 2.22. The number of carbonyl (C=O) groups is 1. The Hall–Kier alpha value is -1.29. The zero-order valence-electron chi connectivity index (χ0n) is 9.80. The minimum Gasteiger partial charge on any atom is -0.468 e. The van der Waals surface area contributed by atoms with Crippen LogP contribution in [0.5, 0.6) is 0 Å². The van der Waals surface area contributed by atoms with E-state index < -0.39 is 0 Å². The Morgan fingerprint density at radius 2 is 2.24 bits per heavy atom. The van der Waals surface area contributed by atoms with Crippen LogP contribution in [-0.4, -0.2) is 29.6 Å². The highest BCUT2D eigenvalue weighted by Crippen LogP contribution is 2.29. The molecule has 2 atom stereocenters. The zero-order chi connectivity index (χ0) is 11.7. The van der Waals surface area contributed by atoms with Gasteiger partial charge in [-0.25, -0.2) is 0 Å². The number of furan rings is 1. The molecule has 4 heteroatoms. The van der Waals surface area contributed by atoms with Crippen molar-refractivity contribution in [3.05, 3.63) is 24.2 Å². The standard InChI is InChI=1S/C13H17NO3/c15-13-9-14(8-10-4-3-7-16-10)11-5-1-2-6-12(11)17-13/h3-4,7,11-12H,1-2,5-6,8-9H2. The fourth-order valence-corrected chi connectivity index (χ4v) is 2.90. The molecule has 2 unspecified atom stereocenters. The van der Waals surface area contributed by atoms with Gasteiger partial charge in [-0.2, -0.15) is 0 Å². The normalized spacial score (nSPS) is 29.8. The van der Waals surface area contributed by atoms with Gasteiger partial charge >= 0.3 is 5.97 Å². The minimum absolute atomic E-state index is 0.0972. The van der Waals surface area contributed by atoms with Crippen LogP contribution in [0.25, 0.3) is 0 Å². The second kappa shape index (κ2) is 4.53. The Morgan fingerprint density at radius 1 is 1.35 bits per heavy atom. The number of morpholine rings is 1. The predicted molar refractivity (Wildman–Crippen MR) is 61.3 cm³/mol. The van der Waals surface area contributed by atoms with Crippen LogP contribution in [0.15, 0.2) is 22.8 Å². The number of ether oxygens (including phenoxy) is 1. The summed E-state index contributed by atoms with van der Waals surface area (Å²) in [6, 6.07) is 4.22. The molecule has 4 nitrogen and oxygen atoms in total. The van der Waals surface area contributed by atoms with Gasteiger partial charge in [-0.3, -0.25) is 9.69 Å². The first-order chi connectivity index (χ1) is 8.33. The Labute approximate surface area is 101 Å². The lowest BCUT2D eigenvalue weighted by atomic mass is 9.90. The first-order valence-electron chi connectivity index (χ1n) is 6.29. The summed E-state index contributed by atoms with van der Waals surface area (Å²) in [6.45, 7) is 1.10. The summed E-state index contributed by atoms with van der Waals surface area (Å²) in [7, 11) is 0. The van der Waals surface area contributed by atoms with E-state index in [-0.39, 0.29) is 12.1 Å². The average Bonchev–Trinajstić information content (AvgIpc) is 2.81. The minimum atomic E-state index is -0.0975. The van der Waals surface area contributed by atoms with E-state index in [1.165, 1.54) is 12.8 Å². The molecule has 0 bridgehead atoms. The van der Waals surface area contributed by atoms with Crippen molar-refractivity contribution in [2.75, 3.05) is 6.54 Å². The molecule has 2 aliphatic rings. The summed E-state index contributed by atoms with van der Waals surface area (Å²) in [5.74, 6) is 0.823. The van der Waals surface area contributed by atoms with Crippen molar-refractivity contribution in [3.8, 4) is 0 Å². The molecule has 1 aromatic rings. The number of hydrogen-bond donors (Lipinski definition) is 0. The molecule has 0 aromatic carbocycles. The van der Waals surface area contributed by atoms with Gasteiger partial charge in [0.25, 0.3) is 0 Å². The molecule has 2 heterocycles. The summed E-state index contributed by atoms with van der Waals surface area (Å²) >= 11 is 0. The van der Waals surface area contributed by atoms with Crippen molar-refractivity contribution >= 4 is 5.97 Å². The maximum Gasteiger partial charge on any atom is 0.320 e. The van der Waals surface area contributed by atoms with Crippen LogP contribution < -0.4 is 0 Å². The Bertz CT molecular complexity index is 387. The van der Waals surface area contributed by atoms with Crippen LogP contribution in [0.3, 0.4) is 0 Å². The molecule has 1 saturated carbocycles. The number of fused-ring (bicyclic) bond motifs is 1. The number of hydrogen-bond acceptors (Lipinski definition) is 4. The maximum atomic E-state index is 11.6. The summed E-state index contributed by atoms with van der Waals surface area (Å²) in [6.07, 6.45) is 6.30. The van der Waals surface area contributed by atoms with E-state index in [0.717, 1.165) is 18.6 Å². The third-order valence-electron chi connectivity index (χ3n) is 3.69. The first kappa shape index (κ1) is 10.8. The fraction of sp³-hybridized carbons (Fsp3) is 0.615. The van der Waals surface area contributed by atoms with E-state index in [4.69, 9.17) is 9.15 Å². The molecule has 0 N–H and O–H groups in total. The quantitative estimate of drug-likeness (QED) is 0.735. The van der Waals surface area contributed by atoms with Gasteiger partial charge in [0.1, 0.15) is 11.9 Å². The van der Waals surface area contributed by atoms with E-state index in [1.54, 1.807) is 6.26 Å². The highest BCUT2D eigenvalue weighted by atomic mass is 16.5. The van der Waals surface area contributed by atoms with E-state index in [2.05, 4.69) is 4.90 Å². The lowest BCUT2D eigenvalue weighted by molar-refractivity contribution is -0.168. The van der Waals surface area contributed by atoms with Gasteiger partial charge < -0.3 is 9.15 Å². The van der Waals surface area contributed by atoms with Crippen LogP contribution in [0.2, 0.25) is 0 Å². The van der Waals surface area contributed by atoms with Crippen LogP contribution in [0.1, 0.15) is 31.4 Å². The molecule has 1 aromatic heterocycles. The Morgan fingerprint density at radius 3 is 3.06 bits per heavy atom. The molecule has 92 valence electrons. The van der Waals surface area contributed by atoms with Crippen molar-refractivity contribution < 1.29 is 13.9 Å². The maximum absolute atomic E-state index is 11.6. The van der Waals surface area contributed by atoms with Crippen molar-refractivity contribution in [1.29, 1.82) is 0 Å². The van der Waals surface area contributed by atoms with Crippen molar-refractivity contribution in [3.63, 3.8) is 0 Å². The smallest absolute Gasteiger partial charge is 0.320 e. The highest BCUT2D eigenvalue weighted by Gasteiger charge is 2.38. The molecule has 0 radical (unpaired) electrons. The van der Waals surface area contributed by atoms with Gasteiger partial charge in [-0.1, -0.05) is 6.42 Å². The molecule has 2 fully saturated rings. The van der Waals surface area contributed by atoms with Crippen molar-refractivity contribution in [2.45, 2.75) is 44.4 Å². The van der Waals surface area contributed by atoms with E-state index in [0.29, 0.717) is 19.1 Å². The van der Waals surface area contributed by atoms with E-state index >= 15 is 0 Å². The van der Waals surface area contributed by atoms with Gasteiger partial charge in [0.15, 0.2) is 0 Å². The number of rotatable bonds is 2. The van der Waals surface area contributed by atoms with E-state index in [1.807, 2.05) is 12.1 Å². The third-order valence-corrected chi connectivity index (χ3v) is 3.69. The van der Waals surface area contributed by atoms with Gasteiger partial charge in [0.2, 0.25) is 0 Å². The lowest BCUT2D eigenvalue weighted by Crippen LogP contribution is -2.54. The van der Waals surface area contributed by atoms with Crippen molar-refractivity contribution in [2.24, 2.45) is 0 Å². The largest absolute Gasteiger partial charge is 0.468 e. The SMILES string of the molecule is O=C1CN(Cc2ccco2)C2CCCCC2O1. The van der Waals surface area contributed by atoms with Gasteiger partial charge in [0.05, 0.1) is 19.4 Å². The number of nitrogens with zero attached hydrogens (tertiary/aromatic N) is 1. The number of carbonyl (C=O) groups excluding carboxylic acids is 1. The van der Waals surface area contributed by atoms with Crippen LogP contribution in [0.4, 0.5) is 0 Å². The molecule has 0 amide bonds. The van der Waals surface area contributed by atoms with E-state index in [9.17, 15) is 4.79 Å². The summed E-state index contributed by atoms with van der Waals surface area (Å²) in [5.41, 5.74) is 0. The summed E-state index contributed by atoms with van der Waals surface area (Å²) in [4.78, 5) is 13.8. The monoisotopic (exact) mass is 235 g/mol. The Balaban J connectivity index is 1.74. The molecular weight excluding hydrogens is 218 g/mol. The number of esters is 1. The predicted octanol–water partition coefficient (Wildman–Crippen LogP) is 1.95. The topological polar surface area (TPSA) is 42.7 Å². The van der Waals surface area contributed by atoms with Gasteiger partial charge in [-0.15, -0.1) is 0 Å². The fourth-order valence-electron chi connectivity index (χ4n) is 2.90. The molecule has 0 spiro atoms. The van der Waals surface area contributed by atoms with Crippen LogP contribution >= 0.6 is 0 Å². The summed E-state index contributed by atoms with van der Waals surface area (Å²) in [5, 5.41) is 0. The second-order valence-electron chi connectivity index (χ2n) is 4.86. The van der Waals surface area contributed by atoms with Gasteiger partial charge in [-0.05, 0) is 31.4 Å². The molecular formula is C13H17NO3. The van der Waals surface area contributed by atoms with Gasteiger partial charge in [0, 0.05) is 6.04 Å². The highest BCUT2D eigenvalue weighted by molar-refractivity contribution is 5.72. The molecule has 1 aliphatic carbocycles. The average molecular weight is 235 g/mol. The van der Waals surface area contributed by atoms with Crippen LogP contribution in [0, 0.1) is 0 Å². The molecule has 3 rings (SSSR count). The first-order valence-corrected chi connectivity index (χ1v) is 6.29. The zero-order valence-corrected chi connectivity index (χ0v) is 9.80. The molecule has 1 saturated heterocycles. The van der Waals surface area contributed by atoms with Crippen molar-refractivity contribution in [1.82, 2.24) is 4.90 Å². The second-order valence-corrected chi connectivity index (χ2v) is 4.86. The summed E-state index contributed by atoms with van der Waals surface area (Å²) < 4.78 is 10.8. The Kier molecular flexibility index (Phi) is 2.89. The molecule has 1 aliphatic heterocycles. The van der Waals surface area contributed by atoms with Crippen LogP contribution in [-0.2, 0) is 16.1 Å².